The zero-order valence-corrected chi connectivity index (χ0v) is 16.0. The number of nitrogens with zero attached hydrogens (tertiary/aromatic N) is 1. The second-order valence-corrected chi connectivity index (χ2v) is 6.50. The van der Waals surface area contributed by atoms with Crippen LogP contribution in [0.25, 0.3) is 0 Å². The van der Waals surface area contributed by atoms with E-state index in [9.17, 15) is 9.90 Å². The lowest BCUT2D eigenvalue weighted by Crippen LogP contribution is -2.17. The maximum atomic E-state index is 12.2. The highest BCUT2D eigenvalue weighted by molar-refractivity contribution is 9.13. The summed E-state index contributed by atoms with van der Waals surface area (Å²) in [5, 5.41) is 13.8. The monoisotopic (exact) mass is 470 g/mol. The minimum absolute atomic E-state index is 0.0316. The van der Waals surface area contributed by atoms with Gasteiger partial charge in [-0.05, 0) is 56.1 Å². The Morgan fingerprint density at radius 2 is 2.04 bits per heavy atom. The van der Waals surface area contributed by atoms with Crippen LogP contribution < -0.4 is 19.6 Å². The highest BCUT2D eigenvalue weighted by Crippen LogP contribution is 2.41. The molecule has 0 radical (unpaired) electrons. The van der Waals surface area contributed by atoms with Gasteiger partial charge in [-0.25, -0.2) is 5.43 Å². The summed E-state index contributed by atoms with van der Waals surface area (Å²) in [6.07, 6.45) is 1.43. The summed E-state index contributed by atoms with van der Waals surface area (Å²) in [6.45, 7) is 0.143. The van der Waals surface area contributed by atoms with Crippen LogP contribution in [-0.4, -0.2) is 31.1 Å². The van der Waals surface area contributed by atoms with Gasteiger partial charge in [-0.3, -0.25) is 4.79 Å². The van der Waals surface area contributed by atoms with Crippen LogP contribution in [-0.2, 0) is 0 Å². The van der Waals surface area contributed by atoms with Gasteiger partial charge in [-0.1, -0.05) is 0 Å². The van der Waals surface area contributed by atoms with Gasteiger partial charge in [0.1, 0.15) is 0 Å². The molecule has 0 atom stereocenters. The molecule has 1 amide bonds. The van der Waals surface area contributed by atoms with E-state index in [1.165, 1.54) is 13.3 Å². The van der Waals surface area contributed by atoms with Gasteiger partial charge in [-0.15, -0.1) is 0 Å². The van der Waals surface area contributed by atoms with Crippen molar-refractivity contribution in [3.63, 3.8) is 0 Å². The van der Waals surface area contributed by atoms with Crippen molar-refractivity contribution in [3.05, 3.63) is 44.3 Å². The Hall–Kier alpha value is -2.26. The van der Waals surface area contributed by atoms with E-state index in [1.807, 2.05) is 0 Å². The van der Waals surface area contributed by atoms with Crippen LogP contribution in [0.15, 0.2) is 38.3 Å². The number of nitrogens with one attached hydrogen (secondary N) is 1. The van der Waals surface area contributed by atoms with Crippen molar-refractivity contribution in [1.29, 1.82) is 0 Å². The number of phenols is 1. The SMILES string of the molecule is COc1cc(C=NNC(=O)c2ccc3c(c2)OCO3)c(Br)c(Br)c1O. The summed E-state index contributed by atoms with van der Waals surface area (Å²) in [4.78, 5) is 12.2. The van der Waals surface area contributed by atoms with Crippen molar-refractivity contribution in [3.8, 4) is 23.0 Å². The van der Waals surface area contributed by atoms with Crippen LogP contribution in [0, 0.1) is 0 Å². The quantitative estimate of drug-likeness (QED) is 0.526. The zero-order valence-electron chi connectivity index (χ0n) is 12.9. The third-order valence-electron chi connectivity index (χ3n) is 3.40. The molecule has 25 heavy (non-hydrogen) atoms. The Morgan fingerprint density at radius 3 is 2.80 bits per heavy atom. The van der Waals surface area contributed by atoms with Crippen LogP contribution in [0.5, 0.6) is 23.0 Å². The largest absolute Gasteiger partial charge is 0.503 e. The molecular weight excluding hydrogens is 460 g/mol. The average molecular weight is 472 g/mol. The lowest BCUT2D eigenvalue weighted by atomic mass is 10.2. The summed E-state index contributed by atoms with van der Waals surface area (Å²) in [7, 11) is 1.44. The molecule has 1 aliphatic heterocycles. The molecule has 0 fully saturated rings. The maximum Gasteiger partial charge on any atom is 0.271 e. The Morgan fingerprint density at radius 1 is 1.28 bits per heavy atom. The molecule has 2 aromatic rings. The fraction of sp³-hybridized carbons (Fsp3) is 0.125. The number of fused-ring (bicyclic) bond motifs is 1. The van der Waals surface area contributed by atoms with Crippen molar-refractivity contribution in [2.45, 2.75) is 0 Å². The number of aromatic hydroxyl groups is 1. The highest BCUT2D eigenvalue weighted by atomic mass is 79.9. The number of benzene rings is 2. The topological polar surface area (TPSA) is 89.4 Å². The molecule has 0 saturated heterocycles. The lowest BCUT2D eigenvalue weighted by Gasteiger charge is -2.09. The fourth-order valence-electron chi connectivity index (χ4n) is 2.12. The number of ether oxygens (including phenoxy) is 3. The Bertz CT molecular complexity index is 870. The normalized spacial score (nSPS) is 12.4. The molecule has 130 valence electrons. The first kappa shape index (κ1) is 17.6. The Kier molecular flexibility index (Phi) is 5.14. The van der Waals surface area contributed by atoms with E-state index in [-0.39, 0.29) is 18.3 Å². The molecule has 1 heterocycles. The van der Waals surface area contributed by atoms with E-state index < -0.39 is 5.91 Å². The van der Waals surface area contributed by atoms with E-state index in [4.69, 9.17) is 14.2 Å². The highest BCUT2D eigenvalue weighted by Gasteiger charge is 2.16. The molecule has 2 N–H and O–H groups in total. The first-order valence-corrected chi connectivity index (χ1v) is 8.58. The number of hydrazone groups is 1. The van der Waals surface area contributed by atoms with Crippen molar-refractivity contribution in [2.24, 2.45) is 5.10 Å². The number of phenolic OH excluding ortho intramolecular Hbond substituents is 1. The van der Waals surface area contributed by atoms with Gasteiger partial charge in [-0.2, -0.15) is 5.10 Å². The number of carbonyl (C=O) groups is 1. The standard InChI is InChI=1S/C16H12Br2N2O5/c1-23-12-5-9(13(17)14(18)15(12)21)6-19-20-16(22)8-2-3-10-11(4-8)25-7-24-10/h2-6,21H,7H2,1H3,(H,20,22). The zero-order chi connectivity index (χ0) is 18.0. The van der Waals surface area contributed by atoms with Crippen molar-refractivity contribution < 1.29 is 24.1 Å². The molecule has 2 aromatic carbocycles. The Balaban J connectivity index is 1.75. The van der Waals surface area contributed by atoms with Gasteiger partial charge in [0.25, 0.3) is 5.91 Å². The number of hydrogen-bond acceptors (Lipinski definition) is 6. The Labute approximate surface area is 159 Å². The summed E-state index contributed by atoms with van der Waals surface area (Å²) in [5.41, 5.74) is 3.43. The third kappa shape index (κ3) is 3.57. The van der Waals surface area contributed by atoms with E-state index in [2.05, 4.69) is 42.4 Å². The summed E-state index contributed by atoms with van der Waals surface area (Å²) in [5.74, 6) is 0.974. The van der Waals surface area contributed by atoms with Gasteiger partial charge < -0.3 is 19.3 Å². The molecular formula is C16H12Br2N2O5. The van der Waals surface area contributed by atoms with Crippen LogP contribution in [0.4, 0.5) is 0 Å². The van der Waals surface area contributed by atoms with Crippen LogP contribution >= 0.6 is 31.9 Å². The van der Waals surface area contributed by atoms with Crippen LogP contribution in [0.1, 0.15) is 15.9 Å². The summed E-state index contributed by atoms with van der Waals surface area (Å²) >= 11 is 6.60. The molecule has 0 bridgehead atoms. The minimum Gasteiger partial charge on any atom is -0.503 e. The molecule has 0 unspecified atom stereocenters. The number of hydrogen-bond donors (Lipinski definition) is 2. The van der Waals surface area contributed by atoms with Gasteiger partial charge >= 0.3 is 0 Å². The van der Waals surface area contributed by atoms with Gasteiger partial charge in [0.05, 0.1) is 17.8 Å². The smallest absolute Gasteiger partial charge is 0.271 e. The van der Waals surface area contributed by atoms with Crippen molar-refractivity contribution >= 4 is 44.0 Å². The van der Waals surface area contributed by atoms with E-state index in [0.29, 0.717) is 31.6 Å². The molecule has 9 heteroatoms. The second-order valence-electron chi connectivity index (χ2n) is 4.91. The molecule has 0 saturated carbocycles. The number of halogens is 2. The molecule has 0 aliphatic carbocycles. The van der Waals surface area contributed by atoms with E-state index in [1.54, 1.807) is 24.3 Å². The van der Waals surface area contributed by atoms with Crippen LogP contribution in [0.3, 0.4) is 0 Å². The number of methoxy groups -OCH3 is 1. The lowest BCUT2D eigenvalue weighted by molar-refractivity contribution is 0.0954. The molecule has 7 nitrogen and oxygen atoms in total. The van der Waals surface area contributed by atoms with Crippen molar-refractivity contribution in [2.75, 3.05) is 13.9 Å². The molecule has 3 rings (SSSR count). The fourth-order valence-corrected chi connectivity index (χ4v) is 2.95. The number of rotatable bonds is 4. The van der Waals surface area contributed by atoms with Gasteiger partial charge in [0, 0.05) is 15.6 Å². The third-order valence-corrected chi connectivity index (χ3v) is 5.56. The average Bonchev–Trinajstić information content (AvgIpc) is 3.09. The predicted octanol–water partition coefficient (Wildman–Crippen LogP) is 3.42. The first-order valence-electron chi connectivity index (χ1n) is 6.99. The van der Waals surface area contributed by atoms with Gasteiger partial charge in [0.15, 0.2) is 23.0 Å². The predicted molar refractivity (Wildman–Crippen MR) is 97.7 cm³/mol. The second kappa shape index (κ2) is 7.32. The summed E-state index contributed by atoms with van der Waals surface area (Å²) in [6, 6.07) is 6.46. The summed E-state index contributed by atoms with van der Waals surface area (Å²) < 4.78 is 16.5. The molecule has 0 spiro atoms. The number of amides is 1. The van der Waals surface area contributed by atoms with E-state index >= 15 is 0 Å². The van der Waals surface area contributed by atoms with E-state index in [0.717, 1.165) is 0 Å². The van der Waals surface area contributed by atoms with Gasteiger partial charge in [0.2, 0.25) is 6.79 Å². The molecule has 0 aromatic heterocycles. The maximum absolute atomic E-state index is 12.2. The number of carbonyl (C=O) groups excluding carboxylic acids is 1. The minimum atomic E-state index is -0.393. The van der Waals surface area contributed by atoms with Crippen LogP contribution in [0.2, 0.25) is 0 Å². The molecule has 1 aliphatic rings. The first-order chi connectivity index (χ1) is 12.0. The van der Waals surface area contributed by atoms with Crippen molar-refractivity contribution in [1.82, 2.24) is 5.43 Å².